The molecular formula is C24H21N5. The molecule has 142 valence electrons. The molecule has 0 amide bonds. The summed E-state index contributed by atoms with van der Waals surface area (Å²) in [5.41, 5.74) is 4.84. The van der Waals surface area contributed by atoms with Gasteiger partial charge < -0.3 is 5.32 Å². The van der Waals surface area contributed by atoms with E-state index in [1.54, 1.807) is 0 Å². The van der Waals surface area contributed by atoms with Crippen molar-refractivity contribution in [2.75, 3.05) is 11.9 Å². The van der Waals surface area contributed by atoms with Crippen molar-refractivity contribution in [2.24, 2.45) is 0 Å². The van der Waals surface area contributed by atoms with Gasteiger partial charge in [0.15, 0.2) is 5.65 Å². The highest BCUT2D eigenvalue weighted by molar-refractivity contribution is 5.93. The molecule has 0 aliphatic carbocycles. The van der Waals surface area contributed by atoms with Crippen molar-refractivity contribution in [1.82, 2.24) is 19.8 Å². The first-order valence-corrected chi connectivity index (χ1v) is 9.79. The molecule has 2 heterocycles. The molecule has 3 aromatic carbocycles. The molecule has 5 nitrogen and oxygen atoms in total. The van der Waals surface area contributed by atoms with E-state index in [2.05, 4.69) is 59.0 Å². The van der Waals surface area contributed by atoms with Crippen LogP contribution < -0.4 is 5.32 Å². The average Bonchev–Trinajstić information content (AvgIpc) is 3.22. The van der Waals surface area contributed by atoms with Gasteiger partial charge in [-0.15, -0.1) is 5.10 Å². The maximum Gasteiger partial charge on any atom is 0.186 e. The predicted molar refractivity (Wildman–Crippen MR) is 117 cm³/mol. The molecule has 0 fully saturated rings. The highest BCUT2D eigenvalue weighted by Crippen LogP contribution is 2.28. The number of nitrogens with zero attached hydrogens (tertiary/aromatic N) is 4. The molecule has 1 atom stereocenters. The number of rotatable bonds is 5. The predicted octanol–water partition coefficient (Wildman–Crippen LogP) is 5.16. The average molecular weight is 379 g/mol. The fraction of sp³-hybridized carbons (Fsp3) is 0.125. The number of fused-ring (bicyclic) bond motifs is 3. The maximum absolute atomic E-state index is 4.93. The lowest BCUT2D eigenvalue weighted by molar-refractivity contribution is 0.802. The third kappa shape index (κ3) is 3.21. The van der Waals surface area contributed by atoms with Gasteiger partial charge in [-0.05, 0) is 23.6 Å². The summed E-state index contributed by atoms with van der Waals surface area (Å²) in [6.45, 7) is 3.01. The Labute approximate surface area is 169 Å². The van der Waals surface area contributed by atoms with Crippen molar-refractivity contribution >= 4 is 22.4 Å². The van der Waals surface area contributed by atoms with Crippen LogP contribution in [0.3, 0.4) is 0 Å². The standard InChI is InChI=1S/C24H21N5/c1-17(18-10-4-2-5-11-18)16-25-23-20-14-8-9-15-21(20)29-24(26-23)22(27-28-29)19-12-6-3-7-13-19/h2-15,17H,16H2,1H3,(H,25,26)/t17-/m1/s1. The Morgan fingerprint density at radius 2 is 1.55 bits per heavy atom. The number of anilines is 1. The number of benzene rings is 3. The Balaban J connectivity index is 1.58. The van der Waals surface area contributed by atoms with Gasteiger partial charge in [0, 0.05) is 17.5 Å². The fourth-order valence-electron chi connectivity index (χ4n) is 3.63. The minimum atomic E-state index is 0.365. The van der Waals surface area contributed by atoms with Crippen LogP contribution in [0.4, 0.5) is 5.82 Å². The van der Waals surface area contributed by atoms with Crippen LogP contribution in [-0.4, -0.2) is 26.4 Å². The van der Waals surface area contributed by atoms with E-state index < -0.39 is 0 Å². The molecule has 0 aliphatic rings. The summed E-state index contributed by atoms with van der Waals surface area (Å²) in [5, 5.41) is 13.4. The third-order valence-corrected chi connectivity index (χ3v) is 5.24. The minimum Gasteiger partial charge on any atom is -0.369 e. The van der Waals surface area contributed by atoms with Crippen molar-refractivity contribution in [3.8, 4) is 11.3 Å². The Bertz CT molecular complexity index is 1260. The number of para-hydroxylation sites is 1. The molecule has 0 unspecified atom stereocenters. The molecule has 5 aromatic rings. The van der Waals surface area contributed by atoms with E-state index >= 15 is 0 Å². The molecular weight excluding hydrogens is 358 g/mol. The number of nitrogens with one attached hydrogen (secondary N) is 1. The lowest BCUT2D eigenvalue weighted by atomic mass is 10.0. The van der Waals surface area contributed by atoms with E-state index in [4.69, 9.17) is 4.98 Å². The summed E-state index contributed by atoms with van der Waals surface area (Å²) in [4.78, 5) is 4.93. The van der Waals surface area contributed by atoms with Crippen LogP contribution in [0.15, 0.2) is 84.9 Å². The molecule has 0 saturated carbocycles. The summed E-state index contributed by atoms with van der Waals surface area (Å²) in [7, 11) is 0. The summed E-state index contributed by atoms with van der Waals surface area (Å²) < 4.78 is 1.82. The van der Waals surface area contributed by atoms with Crippen LogP contribution in [0.2, 0.25) is 0 Å². The summed E-state index contributed by atoms with van der Waals surface area (Å²) in [6.07, 6.45) is 0. The van der Waals surface area contributed by atoms with Gasteiger partial charge in [0.1, 0.15) is 11.5 Å². The molecule has 1 N–H and O–H groups in total. The zero-order valence-corrected chi connectivity index (χ0v) is 16.2. The van der Waals surface area contributed by atoms with E-state index in [-0.39, 0.29) is 0 Å². The molecule has 0 aliphatic heterocycles. The Hall–Kier alpha value is -3.73. The summed E-state index contributed by atoms with van der Waals surface area (Å²) in [6, 6.07) is 28.8. The lowest BCUT2D eigenvalue weighted by Gasteiger charge is -2.15. The molecule has 5 heteroatoms. The van der Waals surface area contributed by atoms with E-state index in [0.717, 1.165) is 40.2 Å². The van der Waals surface area contributed by atoms with Crippen LogP contribution in [-0.2, 0) is 0 Å². The first-order valence-electron chi connectivity index (χ1n) is 9.79. The van der Waals surface area contributed by atoms with Crippen molar-refractivity contribution in [3.63, 3.8) is 0 Å². The Morgan fingerprint density at radius 3 is 2.34 bits per heavy atom. The Morgan fingerprint density at radius 1 is 0.862 bits per heavy atom. The van der Waals surface area contributed by atoms with E-state index in [1.165, 1.54) is 5.56 Å². The van der Waals surface area contributed by atoms with Gasteiger partial charge in [-0.1, -0.05) is 84.9 Å². The van der Waals surface area contributed by atoms with Crippen molar-refractivity contribution in [3.05, 3.63) is 90.5 Å². The van der Waals surface area contributed by atoms with Crippen LogP contribution in [0, 0.1) is 0 Å². The highest BCUT2D eigenvalue weighted by Gasteiger charge is 2.16. The van der Waals surface area contributed by atoms with Crippen molar-refractivity contribution in [2.45, 2.75) is 12.8 Å². The quantitative estimate of drug-likeness (QED) is 0.458. The van der Waals surface area contributed by atoms with E-state index in [9.17, 15) is 0 Å². The van der Waals surface area contributed by atoms with Gasteiger partial charge >= 0.3 is 0 Å². The third-order valence-electron chi connectivity index (χ3n) is 5.24. The number of hydrogen-bond acceptors (Lipinski definition) is 4. The van der Waals surface area contributed by atoms with Crippen LogP contribution in [0.5, 0.6) is 0 Å². The van der Waals surface area contributed by atoms with Crippen LogP contribution >= 0.6 is 0 Å². The second-order valence-electron chi connectivity index (χ2n) is 7.21. The SMILES string of the molecule is C[C@H](CNc1nc2c(-c3ccccc3)nnn2c2ccccc12)c1ccccc1. The Kier molecular flexibility index (Phi) is 4.41. The van der Waals surface area contributed by atoms with Gasteiger partial charge in [0.2, 0.25) is 0 Å². The number of hydrogen-bond donors (Lipinski definition) is 1. The maximum atomic E-state index is 4.93. The van der Waals surface area contributed by atoms with Gasteiger partial charge in [-0.25, -0.2) is 4.98 Å². The first-order chi connectivity index (χ1) is 14.3. The molecule has 0 bridgehead atoms. The normalized spacial score (nSPS) is 12.3. The zero-order valence-electron chi connectivity index (χ0n) is 16.2. The van der Waals surface area contributed by atoms with Crippen molar-refractivity contribution in [1.29, 1.82) is 0 Å². The lowest BCUT2D eigenvalue weighted by Crippen LogP contribution is -2.12. The van der Waals surface area contributed by atoms with Gasteiger partial charge in [0.05, 0.1) is 5.52 Å². The largest absolute Gasteiger partial charge is 0.369 e. The topological polar surface area (TPSA) is 55.1 Å². The monoisotopic (exact) mass is 379 g/mol. The smallest absolute Gasteiger partial charge is 0.186 e. The second-order valence-corrected chi connectivity index (χ2v) is 7.21. The second kappa shape index (κ2) is 7.36. The number of aromatic nitrogens is 4. The minimum absolute atomic E-state index is 0.365. The summed E-state index contributed by atoms with van der Waals surface area (Å²) >= 11 is 0. The van der Waals surface area contributed by atoms with Gasteiger partial charge in [0.25, 0.3) is 0 Å². The highest BCUT2D eigenvalue weighted by atomic mass is 15.4. The molecule has 0 saturated heterocycles. The first kappa shape index (κ1) is 17.4. The molecule has 5 rings (SSSR count). The zero-order chi connectivity index (χ0) is 19.6. The molecule has 2 aromatic heterocycles. The molecule has 29 heavy (non-hydrogen) atoms. The van der Waals surface area contributed by atoms with Crippen LogP contribution in [0.1, 0.15) is 18.4 Å². The molecule has 0 spiro atoms. The van der Waals surface area contributed by atoms with E-state index in [0.29, 0.717) is 5.92 Å². The van der Waals surface area contributed by atoms with Crippen LogP contribution in [0.25, 0.3) is 27.8 Å². The van der Waals surface area contributed by atoms with Crippen molar-refractivity contribution < 1.29 is 0 Å². The molecule has 0 radical (unpaired) electrons. The van der Waals surface area contributed by atoms with Gasteiger partial charge in [-0.2, -0.15) is 4.52 Å². The fourth-order valence-corrected chi connectivity index (χ4v) is 3.63. The summed E-state index contributed by atoms with van der Waals surface area (Å²) in [5.74, 6) is 1.22. The van der Waals surface area contributed by atoms with Gasteiger partial charge in [-0.3, -0.25) is 0 Å². The van der Waals surface area contributed by atoms with E-state index in [1.807, 2.05) is 53.0 Å².